The van der Waals surface area contributed by atoms with Crippen molar-refractivity contribution in [1.82, 2.24) is 4.90 Å². The Hall–Kier alpha value is -4.07. The number of anilines is 2. The molecule has 0 bridgehead atoms. The van der Waals surface area contributed by atoms with Crippen molar-refractivity contribution in [2.75, 3.05) is 50.6 Å². The van der Waals surface area contributed by atoms with E-state index in [0.29, 0.717) is 48.9 Å². The van der Waals surface area contributed by atoms with Gasteiger partial charge in [0, 0.05) is 43.6 Å². The number of halogens is 1. The van der Waals surface area contributed by atoms with Gasteiger partial charge in [0.2, 0.25) is 0 Å². The predicted molar refractivity (Wildman–Crippen MR) is 128 cm³/mol. The van der Waals surface area contributed by atoms with Gasteiger partial charge in [0.05, 0.1) is 25.3 Å². The summed E-state index contributed by atoms with van der Waals surface area (Å²) in [6.07, 6.45) is 0. The highest BCUT2D eigenvalue weighted by atomic mass is 19.1. The van der Waals surface area contributed by atoms with Crippen LogP contribution in [0.4, 0.5) is 15.8 Å². The van der Waals surface area contributed by atoms with E-state index in [1.807, 2.05) is 24.3 Å². The highest BCUT2D eigenvalue weighted by Crippen LogP contribution is 2.26. The molecule has 1 heterocycles. The van der Waals surface area contributed by atoms with Gasteiger partial charge >= 0.3 is 0 Å². The molecular weight excluding hydrogens is 437 g/mol. The molecule has 1 aliphatic rings. The van der Waals surface area contributed by atoms with Crippen molar-refractivity contribution in [3.8, 4) is 11.5 Å². The zero-order valence-corrected chi connectivity index (χ0v) is 19.1. The van der Waals surface area contributed by atoms with Crippen LogP contribution in [-0.4, -0.2) is 57.1 Å². The van der Waals surface area contributed by atoms with Gasteiger partial charge < -0.3 is 24.6 Å². The molecule has 1 aliphatic heterocycles. The monoisotopic (exact) mass is 463 g/mol. The molecule has 1 N–H and O–H groups in total. The molecule has 0 radical (unpaired) electrons. The summed E-state index contributed by atoms with van der Waals surface area (Å²) in [4.78, 5) is 29.2. The number of benzene rings is 3. The van der Waals surface area contributed by atoms with Crippen molar-refractivity contribution in [3.63, 3.8) is 0 Å². The van der Waals surface area contributed by atoms with Gasteiger partial charge in [-0.3, -0.25) is 9.59 Å². The summed E-state index contributed by atoms with van der Waals surface area (Å²) >= 11 is 0. The SMILES string of the molecule is COc1ccc(C(=O)Nc2ccc(N3CCN(C(=O)c4ccccc4F)CC3)cc2)c(OC)c1. The van der Waals surface area contributed by atoms with E-state index < -0.39 is 5.82 Å². The second kappa shape index (κ2) is 10.2. The Labute approximate surface area is 197 Å². The predicted octanol–water partition coefficient (Wildman–Crippen LogP) is 4.06. The highest BCUT2D eigenvalue weighted by molar-refractivity contribution is 6.06. The van der Waals surface area contributed by atoms with Crippen molar-refractivity contribution in [3.05, 3.63) is 83.7 Å². The lowest BCUT2D eigenvalue weighted by atomic mass is 10.1. The quantitative estimate of drug-likeness (QED) is 0.597. The molecule has 4 rings (SSSR count). The van der Waals surface area contributed by atoms with Crippen LogP contribution >= 0.6 is 0 Å². The number of hydrogen-bond donors (Lipinski definition) is 1. The fourth-order valence-corrected chi connectivity index (χ4v) is 3.91. The zero-order chi connectivity index (χ0) is 24.1. The molecule has 3 aromatic rings. The van der Waals surface area contributed by atoms with Gasteiger partial charge in [-0.25, -0.2) is 4.39 Å². The van der Waals surface area contributed by atoms with E-state index in [-0.39, 0.29) is 17.4 Å². The molecule has 0 aromatic heterocycles. The molecule has 34 heavy (non-hydrogen) atoms. The van der Waals surface area contributed by atoms with Gasteiger partial charge in [-0.2, -0.15) is 0 Å². The molecule has 7 nitrogen and oxygen atoms in total. The summed E-state index contributed by atoms with van der Waals surface area (Å²) < 4.78 is 24.4. The normalized spacial score (nSPS) is 13.4. The number of methoxy groups -OCH3 is 2. The van der Waals surface area contributed by atoms with E-state index >= 15 is 0 Å². The van der Waals surface area contributed by atoms with E-state index in [4.69, 9.17) is 9.47 Å². The first-order valence-electron chi connectivity index (χ1n) is 10.9. The number of nitrogens with one attached hydrogen (secondary N) is 1. The smallest absolute Gasteiger partial charge is 0.259 e. The number of amides is 2. The lowest BCUT2D eigenvalue weighted by molar-refractivity contribution is 0.0742. The van der Waals surface area contributed by atoms with Crippen molar-refractivity contribution >= 4 is 23.2 Å². The second-order valence-electron chi connectivity index (χ2n) is 7.83. The van der Waals surface area contributed by atoms with Crippen LogP contribution in [-0.2, 0) is 0 Å². The lowest BCUT2D eigenvalue weighted by Crippen LogP contribution is -2.49. The van der Waals surface area contributed by atoms with Crippen LogP contribution in [0.15, 0.2) is 66.7 Å². The number of carbonyl (C=O) groups is 2. The minimum absolute atomic E-state index is 0.101. The molecule has 0 spiro atoms. The molecule has 0 saturated carbocycles. The molecule has 176 valence electrons. The fraction of sp³-hybridized carbons (Fsp3) is 0.231. The molecule has 0 unspecified atom stereocenters. The van der Waals surface area contributed by atoms with Crippen LogP contribution in [0.1, 0.15) is 20.7 Å². The number of nitrogens with zero attached hydrogens (tertiary/aromatic N) is 2. The summed E-state index contributed by atoms with van der Waals surface area (Å²) in [5, 5.41) is 2.88. The van der Waals surface area contributed by atoms with Crippen LogP contribution in [0.2, 0.25) is 0 Å². The van der Waals surface area contributed by atoms with Crippen molar-refractivity contribution < 1.29 is 23.5 Å². The van der Waals surface area contributed by atoms with E-state index in [1.165, 1.54) is 19.2 Å². The number of ether oxygens (including phenoxy) is 2. The molecule has 1 saturated heterocycles. The fourth-order valence-electron chi connectivity index (χ4n) is 3.91. The maximum atomic E-state index is 13.9. The summed E-state index contributed by atoms with van der Waals surface area (Å²) in [6, 6.07) is 18.6. The minimum atomic E-state index is -0.500. The molecule has 2 amide bonds. The Bertz CT molecular complexity index is 1170. The Morgan fingerprint density at radius 1 is 0.853 bits per heavy atom. The summed E-state index contributed by atoms with van der Waals surface area (Å²) in [5.74, 6) is -0.0400. The molecule has 8 heteroatoms. The number of carbonyl (C=O) groups excluding carboxylic acids is 2. The average Bonchev–Trinajstić information content (AvgIpc) is 2.88. The Balaban J connectivity index is 1.36. The van der Waals surface area contributed by atoms with Gasteiger partial charge in [-0.05, 0) is 48.5 Å². The maximum absolute atomic E-state index is 13.9. The van der Waals surface area contributed by atoms with E-state index in [1.54, 1.807) is 42.3 Å². The third-order valence-electron chi connectivity index (χ3n) is 5.81. The summed E-state index contributed by atoms with van der Waals surface area (Å²) in [6.45, 7) is 2.27. The number of rotatable bonds is 6. The Kier molecular flexibility index (Phi) is 6.96. The van der Waals surface area contributed by atoms with Crippen LogP contribution < -0.4 is 19.7 Å². The number of hydrogen-bond acceptors (Lipinski definition) is 5. The molecule has 1 fully saturated rings. The summed E-state index contributed by atoms with van der Waals surface area (Å²) in [5.41, 5.74) is 2.14. The van der Waals surface area contributed by atoms with Gasteiger partial charge in [0.15, 0.2) is 0 Å². The zero-order valence-electron chi connectivity index (χ0n) is 19.1. The van der Waals surface area contributed by atoms with Crippen molar-refractivity contribution in [2.45, 2.75) is 0 Å². The lowest BCUT2D eigenvalue weighted by Gasteiger charge is -2.36. The largest absolute Gasteiger partial charge is 0.497 e. The molecule has 3 aromatic carbocycles. The standard InChI is InChI=1S/C26H26FN3O4/c1-33-20-11-12-22(24(17-20)34-2)25(31)28-18-7-9-19(10-8-18)29-13-15-30(16-14-29)26(32)21-5-3-4-6-23(21)27/h3-12,17H,13-16H2,1-2H3,(H,28,31). The van der Waals surface area contributed by atoms with Gasteiger partial charge in [0.25, 0.3) is 11.8 Å². The third-order valence-corrected chi connectivity index (χ3v) is 5.81. The second-order valence-corrected chi connectivity index (χ2v) is 7.83. The van der Waals surface area contributed by atoms with E-state index in [9.17, 15) is 14.0 Å². The first-order valence-corrected chi connectivity index (χ1v) is 10.9. The first-order chi connectivity index (χ1) is 16.5. The minimum Gasteiger partial charge on any atom is -0.497 e. The Morgan fingerprint density at radius 2 is 1.56 bits per heavy atom. The van der Waals surface area contributed by atoms with Crippen LogP contribution in [0.25, 0.3) is 0 Å². The molecule has 0 atom stereocenters. The van der Waals surface area contributed by atoms with E-state index in [0.717, 1.165) is 5.69 Å². The van der Waals surface area contributed by atoms with Crippen LogP contribution in [0.5, 0.6) is 11.5 Å². The van der Waals surface area contributed by atoms with Gasteiger partial charge in [-0.1, -0.05) is 12.1 Å². The van der Waals surface area contributed by atoms with Crippen LogP contribution in [0.3, 0.4) is 0 Å². The van der Waals surface area contributed by atoms with Gasteiger partial charge in [0.1, 0.15) is 17.3 Å². The number of piperazine rings is 1. The average molecular weight is 464 g/mol. The van der Waals surface area contributed by atoms with Gasteiger partial charge in [-0.15, -0.1) is 0 Å². The third kappa shape index (κ3) is 4.96. The topological polar surface area (TPSA) is 71.1 Å². The molecule has 0 aliphatic carbocycles. The summed E-state index contributed by atoms with van der Waals surface area (Å²) in [7, 11) is 3.06. The maximum Gasteiger partial charge on any atom is 0.259 e. The van der Waals surface area contributed by atoms with Crippen LogP contribution in [0, 0.1) is 5.82 Å². The first kappa shape index (κ1) is 23.1. The van der Waals surface area contributed by atoms with Crippen molar-refractivity contribution in [1.29, 1.82) is 0 Å². The van der Waals surface area contributed by atoms with Crippen molar-refractivity contribution in [2.24, 2.45) is 0 Å². The Morgan fingerprint density at radius 3 is 2.21 bits per heavy atom. The highest BCUT2D eigenvalue weighted by Gasteiger charge is 2.24. The molecular formula is C26H26FN3O4. The van der Waals surface area contributed by atoms with E-state index in [2.05, 4.69) is 10.2 Å².